The normalized spacial score (nSPS) is 14.3. The molecule has 0 aliphatic heterocycles. The van der Waals surface area contributed by atoms with E-state index in [1.165, 1.54) is 0 Å². The standard InChI is InChI=1S/C20H15F5N4O3S2/c21-15-6-4-12(34(31,32)26-9-10-1-2-10)8-14(15)17(30)27-19-29-28-18(33-19)13-5-3-11(7-16(13)22)20(23,24)25/h3-8,10,26H,1-2,9H2,(H,27,29,30). The first kappa shape index (κ1) is 24.2. The van der Waals surface area contributed by atoms with Crippen LogP contribution < -0.4 is 10.0 Å². The van der Waals surface area contributed by atoms with E-state index in [9.17, 15) is 35.2 Å². The van der Waals surface area contributed by atoms with Gasteiger partial charge < -0.3 is 0 Å². The Morgan fingerprint density at radius 3 is 2.44 bits per heavy atom. The summed E-state index contributed by atoms with van der Waals surface area (Å²) in [6.07, 6.45) is -2.89. The lowest BCUT2D eigenvalue weighted by Gasteiger charge is -2.09. The van der Waals surface area contributed by atoms with E-state index in [0.29, 0.717) is 23.5 Å². The first-order valence-corrected chi connectivity index (χ1v) is 12.1. The Morgan fingerprint density at radius 2 is 1.79 bits per heavy atom. The van der Waals surface area contributed by atoms with Gasteiger partial charge in [-0.3, -0.25) is 10.1 Å². The number of anilines is 1. The molecule has 0 unspecified atom stereocenters. The fourth-order valence-corrected chi connectivity index (χ4v) is 4.80. The number of nitrogens with zero attached hydrogens (tertiary/aromatic N) is 2. The van der Waals surface area contributed by atoms with Crippen LogP contribution in [0.1, 0.15) is 28.8 Å². The molecule has 0 saturated heterocycles. The van der Waals surface area contributed by atoms with Crippen molar-refractivity contribution in [3.8, 4) is 10.6 Å². The summed E-state index contributed by atoms with van der Waals surface area (Å²) in [7, 11) is -3.96. The molecule has 1 fully saturated rings. The van der Waals surface area contributed by atoms with Crippen LogP contribution >= 0.6 is 11.3 Å². The minimum Gasteiger partial charge on any atom is -0.296 e. The highest BCUT2D eigenvalue weighted by Crippen LogP contribution is 2.34. The average Bonchev–Trinajstić information content (AvgIpc) is 3.49. The van der Waals surface area contributed by atoms with Crippen LogP contribution in [0.2, 0.25) is 0 Å². The molecule has 2 N–H and O–H groups in total. The number of carbonyl (C=O) groups excluding carboxylic acids is 1. The SMILES string of the molecule is O=C(Nc1nnc(-c2ccc(C(F)(F)F)cc2F)s1)c1cc(S(=O)(=O)NCC2CC2)ccc1F. The third kappa shape index (κ3) is 5.39. The molecule has 1 heterocycles. The number of halogens is 5. The average molecular weight is 518 g/mol. The van der Waals surface area contributed by atoms with Crippen LogP contribution in [0.5, 0.6) is 0 Å². The molecule has 0 bridgehead atoms. The Hall–Kier alpha value is -2.97. The monoisotopic (exact) mass is 518 g/mol. The molecule has 0 spiro atoms. The van der Waals surface area contributed by atoms with Crippen LogP contribution in [0.3, 0.4) is 0 Å². The second-order valence-electron chi connectivity index (χ2n) is 7.50. The highest BCUT2D eigenvalue weighted by atomic mass is 32.2. The maximum atomic E-state index is 14.2. The molecule has 180 valence electrons. The van der Waals surface area contributed by atoms with E-state index in [1.807, 2.05) is 0 Å². The van der Waals surface area contributed by atoms with Gasteiger partial charge in [0, 0.05) is 12.1 Å². The van der Waals surface area contributed by atoms with Crippen molar-refractivity contribution in [2.24, 2.45) is 5.92 Å². The zero-order valence-electron chi connectivity index (χ0n) is 17.0. The van der Waals surface area contributed by atoms with Gasteiger partial charge in [-0.15, -0.1) is 10.2 Å². The Balaban J connectivity index is 1.52. The predicted octanol–water partition coefficient (Wildman–Crippen LogP) is 4.44. The van der Waals surface area contributed by atoms with Crippen LogP contribution in [-0.4, -0.2) is 31.1 Å². The summed E-state index contributed by atoms with van der Waals surface area (Å²) >= 11 is 0.642. The number of amides is 1. The summed E-state index contributed by atoms with van der Waals surface area (Å²) in [5.74, 6) is -2.95. The first-order valence-electron chi connectivity index (χ1n) is 9.75. The molecule has 3 aromatic rings. The summed E-state index contributed by atoms with van der Waals surface area (Å²) in [4.78, 5) is 12.2. The fourth-order valence-electron chi connectivity index (χ4n) is 2.89. The van der Waals surface area contributed by atoms with Gasteiger partial charge in [0.1, 0.15) is 11.6 Å². The van der Waals surface area contributed by atoms with Gasteiger partial charge in [-0.25, -0.2) is 21.9 Å². The predicted molar refractivity (Wildman–Crippen MR) is 113 cm³/mol. The van der Waals surface area contributed by atoms with Crippen molar-refractivity contribution < 1.29 is 35.2 Å². The quantitative estimate of drug-likeness (QED) is 0.451. The summed E-state index contributed by atoms with van der Waals surface area (Å²) in [5, 5.41) is 9.18. The van der Waals surface area contributed by atoms with Crippen LogP contribution in [0.15, 0.2) is 41.3 Å². The van der Waals surface area contributed by atoms with E-state index < -0.39 is 44.9 Å². The topological polar surface area (TPSA) is 101 Å². The number of benzene rings is 2. The Kier molecular flexibility index (Phi) is 6.40. The molecule has 0 atom stereocenters. The molecule has 7 nitrogen and oxygen atoms in total. The number of aromatic nitrogens is 2. The molecule has 1 saturated carbocycles. The van der Waals surface area contributed by atoms with Crippen molar-refractivity contribution in [2.75, 3.05) is 11.9 Å². The lowest BCUT2D eigenvalue weighted by atomic mass is 10.1. The van der Waals surface area contributed by atoms with E-state index >= 15 is 0 Å². The molecular formula is C20H15F5N4O3S2. The number of carbonyl (C=O) groups is 1. The minimum absolute atomic E-state index is 0.123. The molecule has 2 aromatic carbocycles. The number of sulfonamides is 1. The molecule has 1 aliphatic rings. The van der Waals surface area contributed by atoms with Gasteiger partial charge in [-0.2, -0.15) is 13.2 Å². The van der Waals surface area contributed by atoms with Gasteiger partial charge >= 0.3 is 6.18 Å². The summed E-state index contributed by atoms with van der Waals surface area (Å²) in [6.45, 7) is 0.245. The van der Waals surface area contributed by atoms with Crippen LogP contribution in [0, 0.1) is 17.6 Å². The molecular weight excluding hydrogens is 503 g/mol. The van der Waals surface area contributed by atoms with Gasteiger partial charge in [0.25, 0.3) is 5.91 Å². The number of hydrogen-bond acceptors (Lipinski definition) is 6. The molecule has 1 aromatic heterocycles. The highest BCUT2D eigenvalue weighted by molar-refractivity contribution is 7.89. The Bertz CT molecular complexity index is 1350. The maximum Gasteiger partial charge on any atom is 0.416 e. The van der Waals surface area contributed by atoms with Gasteiger partial charge in [0.15, 0.2) is 5.01 Å². The number of nitrogens with one attached hydrogen (secondary N) is 2. The minimum atomic E-state index is -4.72. The smallest absolute Gasteiger partial charge is 0.296 e. The van der Waals surface area contributed by atoms with E-state index in [4.69, 9.17) is 0 Å². The van der Waals surface area contributed by atoms with Crippen LogP contribution in [0.4, 0.5) is 27.1 Å². The fraction of sp³-hybridized carbons (Fsp3) is 0.250. The van der Waals surface area contributed by atoms with E-state index in [-0.39, 0.29) is 33.1 Å². The van der Waals surface area contributed by atoms with Crippen molar-refractivity contribution in [1.82, 2.24) is 14.9 Å². The van der Waals surface area contributed by atoms with Crippen LogP contribution in [-0.2, 0) is 16.2 Å². The number of hydrogen-bond donors (Lipinski definition) is 2. The molecule has 0 radical (unpaired) electrons. The largest absolute Gasteiger partial charge is 0.416 e. The van der Waals surface area contributed by atoms with Crippen molar-refractivity contribution in [3.63, 3.8) is 0 Å². The summed E-state index contributed by atoms with van der Waals surface area (Å²) < 4.78 is 93.7. The summed E-state index contributed by atoms with van der Waals surface area (Å²) in [6, 6.07) is 4.61. The number of rotatable bonds is 7. The van der Waals surface area contributed by atoms with Gasteiger partial charge in [-0.05, 0) is 55.2 Å². The third-order valence-corrected chi connectivity index (χ3v) is 7.22. The van der Waals surface area contributed by atoms with Gasteiger partial charge in [0.05, 0.1) is 16.0 Å². The van der Waals surface area contributed by atoms with Gasteiger partial charge in [0.2, 0.25) is 15.2 Å². The lowest BCUT2D eigenvalue weighted by molar-refractivity contribution is -0.137. The highest BCUT2D eigenvalue weighted by Gasteiger charge is 2.31. The van der Waals surface area contributed by atoms with Gasteiger partial charge in [-0.1, -0.05) is 11.3 Å². The number of alkyl halides is 3. The molecule has 34 heavy (non-hydrogen) atoms. The molecule has 4 rings (SSSR count). The molecule has 14 heteroatoms. The first-order chi connectivity index (χ1) is 15.9. The van der Waals surface area contributed by atoms with E-state index in [0.717, 1.165) is 37.1 Å². The maximum absolute atomic E-state index is 14.2. The van der Waals surface area contributed by atoms with Crippen molar-refractivity contribution in [3.05, 3.63) is 59.2 Å². The van der Waals surface area contributed by atoms with Crippen molar-refractivity contribution >= 4 is 32.4 Å². The van der Waals surface area contributed by atoms with E-state index in [1.54, 1.807) is 0 Å². The Labute approximate surface area is 194 Å². The van der Waals surface area contributed by atoms with E-state index in [2.05, 4.69) is 20.2 Å². The zero-order chi connectivity index (χ0) is 24.7. The second-order valence-corrected chi connectivity index (χ2v) is 10.2. The zero-order valence-corrected chi connectivity index (χ0v) is 18.6. The van der Waals surface area contributed by atoms with Crippen molar-refractivity contribution in [2.45, 2.75) is 23.9 Å². The molecule has 1 aliphatic carbocycles. The Morgan fingerprint density at radius 1 is 1.06 bits per heavy atom. The lowest BCUT2D eigenvalue weighted by Crippen LogP contribution is -2.26. The van der Waals surface area contributed by atoms with Crippen LogP contribution in [0.25, 0.3) is 10.6 Å². The second kappa shape index (κ2) is 9.00. The third-order valence-electron chi connectivity index (χ3n) is 4.92. The molecule has 1 amide bonds. The summed E-state index contributed by atoms with van der Waals surface area (Å²) in [5.41, 5.74) is -2.03. The van der Waals surface area contributed by atoms with Crippen molar-refractivity contribution in [1.29, 1.82) is 0 Å².